The van der Waals surface area contributed by atoms with Crippen molar-refractivity contribution in [2.45, 2.75) is 63.2 Å². The zero-order valence-corrected chi connectivity index (χ0v) is 29.9. The third kappa shape index (κ3) is 10.2. The Kier molecular flexibility index (Phi) is 13.6. The van der Waals surface area contributed by atoms with Crippen molar-refractivity contribution in [3.8, 4) is 11.5 Å². The van der Waals surface area contributed by atoms with Gasteiger partial charge in [0.1, 0.15) is 17.3 Å². The minimum Gasteiger partial charge on any atom is -0.497 e. The number of aliphatic hydroxyl groups is 1. The van der Waals surface area contributed by atoms with Gasteiger partial charge in [-0.15, -0.1) is 0 Å². The molecule has 0 spiro atoms. The van der Waals surface area contributed by atoms with E-state index < -0.39 is 39.9 Å². The van der Waals surface area contributed by atoms with Gasteiger partial charge in [-0.25, -0.2) is 17.6 Å². The van der Waals surface area contributed by atoms with E-state index in [4.69, 9.17) is 14.2 Å². The van der Waals surface area contributed by atoms with Gasteiger partial charge in [0.15, 0.2) is 0 Å². The van der Waals surface area contributed by atoms with Crippen molar-refractivity contribution in [2.24, 2.45) is 5.92 Å². The van der Waals surface area contributed by atoms with Crippen LogP contribution in [0, 0.1) is 11.7 Å². The number of ether oxygens (including phenoxy) is 3. The van der Waals surface area contributed by atoms with Crippen LogP contribution >= 0.6 is 0 Å². The Labute approximate surface area is 293 Å². The topological polar surface area (TPSA) is 147 Å². The largest absolute Gasteiger partial charge is 0.497 e. The Morgan fingerprint density at radius 2 is 1.72 bits per heavy atom. The quantitative estimate of drug-likeness (QED) is 0.260. The number of benzene rings is 3. The van der Waals surface area contributed by atoms with Crippen molar-refractivity contribution < 1.29 is 41.7 Å². The molecule has 0 saturated carbocycles. The monoisotopic (exact) mass is 714 g/mol. The average Bonchev–Trinajstić information content (AvgIpc) is 3.09. The fourth-order valence-corrected chi connectivity index (χ4v) is 6.75. The summed E-state index contributed by atoms with van der Waals surface area (Å²) in [6.45, 7) is 5.59. The molecule has 3 N–H and O–H groups in total. The fourth-order valence-electron chi connectivity index (χ4n) is 5.57. The van der Waals surface area contributed by atoms with Crippen LogP contribution in [0.1, 0.15) is 50.4 Å². The van der Waals surface area contributed by atoms with E-state index in [2.05, 4.69) is 10.6 Å². The van der Waals surface area contributed by atoms with E-state index in [9.17, 15) is 27.5 Å². The normalized spacial score (nSPS) is 19.9. The number of aliphatic hydroxyl groups excluding tert-OH is 1. The van der Waals surface area contributed by atoms with Gasteiger partial charge in [-0.2, -0.15) is 4.31 Å². The van der Waals surface area contributed by atoms with Crippen molar-refractivity contribution >= 4 is 33.3 Å². The number of carbonyl (C=O) groups excluding carboxylic acids is 2. The highest BCUT2D eigenvalue weighted by atomic mass is 32.2. The Hall–Kier alpha value is -4.24. The van der Waals surface area contributed by atoms with E-state index >= 15 is 0 Å². The van der Waals surface area contributed by atoms with Crippen LogP contribution in [-0.4, -0.2) is 93.4 Å². The summed E-state index contributed by atoms with van der Waals surface area (Å²) >= 11 is 0. The number of halogens is 1. The molecule has 4 atom stereocenters. The second kappa shape index (κ2) is 17.6. The molecule has 0 unspecified atom stereocenters. The zero-order valence-electron chi connectivity index (χ0n) is 29.1. The number of anilines is 2. The third-order valence-corrected chi connectivity index (χ3v) is 10.5. The molecule has 1 heterocycles. The zero-order chi connectivity index (χ0) is 36.4. The maximum absolute atomic E-state index is 14.4. The number of hydrogen-bond acceptors (Lipinski definition) is 8. The lowest BCUT2D eigenvalue weighted by Crippen LogP contribution is -2.48. The number of hydrogen-bond donors (Lipinski definition) is 3. The summed E-state index contributed by atoms with van der Waals surface area (Å²) in [7, 11) is -0.976. The SMILES string of the molecule is COc1ccc(NC(=O)Nc2ccc3c(c2)C(=O)N([C@@H](C)CO)C[C@H](C)[C@H](CN(C)S(=O)(=O)c2ccc(F)cc2)OCCCC[C@@H](C)O3)cc1. The van der Waals surface area contributed by atoms with Crippen LogP contribution in [0.4, 0.5) is 20.6 Å². The number of nitrogens with zero attached hydrogens (tertiary/aromatic N) is 2. The molecular weight excluding hydrogens is 667 g/mol. The van der Waals surface area contributed by atoms with Crippen molar-refractivity contribution in [3.63, 3.8) is 0 Å². The molecule has 12 nitrogen and oxygen atoms in total. The molecule has 3 amide bonds. The van der Waals surface area contributed by atoms with E-state index in [1.165, 1.54) is 28.4 Å². The number of rotatable bonds is 9. The number of nitrogens with one attached hydrogen (secondary N) is 2. The van der Waals surface area contributed by atoms with Gasteiger partial charge >= 0.3 is 6.03 Å². The van der Waals surface area contributed by atoms with Crippen molar-refractivity contribution in [2.75, 3.05) is 51.1 Å². The molecule has 0 aromatic heterocycles. The van der Waals surface area contributed by atoms with Gasteiger partial charge in [-0.1, -0.05) is 6.92 Å². The van der Waals surface area contributed by atoms with Crippen LogP contribution in [0.5, 0.6) is 11.5 Å². The van der Waals surface area contributed by atoms with Gasteiger partial charge in [0.05, 0.1) is 42.4 Å². The minimum atomic E-state index is -3.97. The molecule has 4 rings (SSSR count). The highest BCUT2D eigenvalue weighted by Gasteiger charge is 2.32. The fraction of sp³-hybridized carbons (Fsp3) is 0.444. The molecule has 50 heavy (non-hydrogen) atoms. The van der Waals surface area contributed by atoms with E-state index in [0.717, 1.165) is 18.6 Å². The molecular formula is C36H47FN4O8S. The molecule has 14 heteroatoms. The maximum Gasteiger partial charge on any atom is 0.323 e. The van der Waals surface area contributed by atoms with Crippen LogP contribution in [0.3, 0.4) is 0 Å². The average molecular weight is 715 g/mol. The number of methoxy groups -OCH3 is 1. The van der Waals surface area contributed by atoms with E-state index in [1.807, 2.05) is 13.8 Å². The predicted octanol–water partition coefficient (Wildman–Crippen LogP) is 5.59. The first-order valence-electron chi connectivity index (χ1n) is 16.6. The Morgan fingerprint density at radius 1 is 1.06 bits per heavy atom. The smallest absolute Gasteiger partial charge is 0.323 e. The third-order valence-electron chi connectivity index (χ3n) is 8.62. The molecule has 0 saturated heterocycles. The van der Waals surface area contributed by atoms with Crippen LogP contribution in [0.2, 0.25) is 0 Å². The van der Waals surface area contributed by atoms with Gasteiger partial charge in [0.2, 0.25) is 10.0 Å². The molecule has 1 aliphatic heterocycles. The number of urea groups is 1. The van der Waals surface area contributed by atoms with Crippen molar-refractivity contribution in [3.05, 3.63) is 78.1 Å². The summed E-state index contributed by atoms with van der Waals surface area (Å²) in [6, 6.07) is 15.1. The number of carbonyl (C=O) groups is 2. The molecule has 0 radical (unpaired) electrons. The lowest BCUT2D eigenvalue weighted by Gasteiger charge is -2.35. The lowest BCUT2D eigenvalue weighted by molar-refractivity contribution is -0.00834. The molecule has 3 aromatic carbocycles. The molecule has 272 valence electrons. The molecule has 0 fully saturated rings. The molecule has 0 aliphatic carbocycles. The summed E-state index contributed by atoms with van der Waals surface area (Å²) < 4.78 is 59.1. The minimum absolute atomic E-state index is 0.0239. The predicted molar refractivity (Wildman–Crippen MR) is 189 cm³/mol. The number of amides is 3. The lowest BCUT2D eigenvalue weighted by atomic mass is 10.0. The first kappa shape index (κ1) is 38.6. The van der Waals surface area contributed by atoms with E-state index in [1.54, 1.807) is 56.5 Å². The van der Waals surface area contributed by atoms with Crippen LogP contribution in [0.25, 0.3) is 0 Å². The van der Waals surface area contributed by atoms with Crippen molar-refractivity contribution in [1.82, 2.24) is 9.21 Å². The van der Waals surface area contributed by atoms with Gasteiger partial charge < -0.3 is 34.9 Å². The number of sulfonamides is 1. The second-order valence-electron chi connectivity index (χ2n) is 12.6. The molecule has 0 bridgehead atoms. The van der Waals surface area contributed by atoms with E-state index in [0.29, 0.717) is 42.3 Å². The van der Waals surface area contributed by atoms with E-state index in [-0.39, 0.29) is 42.2 Å². The maximum atomic E-state index is 14.4. The molecule has 1 aliphatic rings. The van der Waals surface area contributed by atoms with Crippen LogP contribution in [-0.2, 0) is 14.8 Å². The summed E-state index contributed by atoms with van der Waals surface area (Å²) in [4.78, 5) is 28.7. The van der Waals surface area contributed by atoms with Gasteiger partial charge in [-0.3, -0.25) is 4.79 Å². The van der Waals surface area contributed by atoms with Crippen LogP contribution in [0.15, 0.2) is 71.6 Å². The first-order chi connectivity index (χ1) is 23.8. The van der Waals surface area contributed by atoms with Gasteiger partial charge in [0.25, 0.3) is 5.91 Å². The Balaban J connectivity index is 1.61. The Morgan fingerprint density at radius 3 is 2.38 bits per heavy atom. The van der Waals surface area contributed by atoms with Gasteiger partial charge in [0, 0.05) is 44.0 Å². The Bertz CT molecular complexity index is 1690. The van der Waals surface area contributed by atoms with Gasteiger partial charge in [-0.05, 0) is 99.8 Å². The number of likely N-dealkylation sites (N-methyl/N-ethyl adjacent to an activating group) is 1. The van der Waals surface area contributed by atoms with Crippen LogP contribution < -0.4 is 20.1 Å². The first-order valence-corrected chi connectivity index (χ1v) is 18.0. The summed E-state index contributed by atoms with van der Waals surface area (Å²) in [5, 5.41) is 15.7. The summed E-state index contributed by atoms with van der Waals surface area (Å²) in [5.41, 5.74) is 1.08. The highest BCUT2D eigenvalue weighted by Crippen LogP contribution is 2.29. The highest BCUT2D eigenvalue weighted by molar-refractivity contribution is 7.89. The summed E-state index contributed by atoms with van der Waals surface area (Å²) in [6.07, 6.45) is 1.24. The summed E-state index contributed by atoms with van der Waals surface area (Å²) in [5.74, 6) is -0.393. The number of fused-ring (bicyclic) bond motifs is 1. The van der Waals surface area contributed by atoms with Crippen molar-refractivity contribution in [1.29, 1.82) is 0 Å². The molecule has 3 aromatic rings. The standard InChI is InChI=1S/C36H47FN4O8S/c1-24-21-41(25(2)23-42)35(43)32-20-29(39-36(44)38-28-11-14-30(47-5)15-12-28)13-18-33(32)49-26(3)8-6-7-19-48-34(24)22-40(4)50(45,46)31-16-9-27(37)10-17-31/h9-18,20,24-26,34,42H,6-8,19,21-23H2,1-5H3,(H2,38,39,44)/t24-,25-,26+,34-/m0/s1. The second-order valence-corrected chi connectivity index (χ2v) is 14.6.